The summed E-state index contributed by atoms with van der Waals surface area (Å²) in [5.74, 6) is -0.0371. The van der Waals surface area contributed by atoms with Gasteiger partial charge in [0.15, 0.2) is 0 Å². The van der Waals surface area contributed by atoms with Crippen molar-refractivity contribution in [3.05, 3.63) is 28.7 Å². The molecule has 0 radical (unpaired) electrons. The lowest BCUT2D eigenvalue weighted by Gasteiger charge is -2.08. The summed E-state index contributed by atoms with van der Waals surface area (Å²) in [6, 6.07) is 7.26. The lowest BCUT2D eigenvalue weighted by atomic mass is 10.1. The van der Waals surface area contributed by atoms with Crippen molar-refractivity contribution in [1.29, 1.82) is 0 Å². The van der Waals surface area contributed by atoms with Crippen molar-refractivity contribution in [2.75, 3.05) is 11.9 Å². The van der Waals surface area contributed by atoms with E-state index in [4.69, 9.17) is 0 Å². The second-order valence-electron chi connectivity index (χ2n) is 4.43. The predicted octanol–water partition coefficient (Wildman–Crippen LogP) is 2.55. The van der Waals surface area contributed by atoms with E-state index in [1.807, 2.05) is 26.0 Å². The van der Waals surface area contributed by atoms with Gasteiger partial charge in [-0.3, -0.25) is 9.59 Å². The van der Waals surface area contributed by atoms with Crippen LogP contribution >= 0.6 is 15.9 Å². The summed E-state index contributed by atoms with van der Waals surface area (Å²) >= 11 is 3.31. The van der Waals surface area contributed by atoms with E-state index < -0.39 is 0 Å². The van der Waals surface area contributed by atoms with Crippen molar-refractivity contribution in [3.63, 3.8) is 0 Å². The third-order valence-electron chi connectivity index (χ3n) is 2.17. The fraction of sp³-hybridized carbons (Fsp3) is 0.385. The Morgan fingerprint density at radius 1 is 1.17 bits per heavy atom. The van der Waals surface area contributed by atoms with Crippen LogP contribution in [0.3, 0.4) is 0 Å². The molecule has 1 rings (SSSR count). The minimum atomic E-state index is -0.227. The lowest BCUT2D eigenvalue weighted by Crippen LogP contribution is -2.33. The lowest BCUT2D eigenvalue weighted by molar-refractivity contribution is -0.124. The average molecular weight is 313 g/mol. The van der Waals surface area contributed by atoms with Crippen LogP contribution in [0.4, 0.5) is 5.69 Å². The zero-order valence-electron chi connectivity index (χ0n) is 10.5. The quantitative estimate of drug-likeness (QED) is 0.878. The molecule has 98 valence electrons. The molecule has 0 fully saturated rings. The van der Waals surface area contributed by atoms with Crippen LogP contribution in [-0.2, 0) is 9.59 Å². The molecule has 2 N–H and O–H groups in total. The number of hydrogen-bond acceptors (Lipinski definition) is 2. The summed E-state index contributed by atoms with van der Waals surface area (Å²) in [5.41, 5.74) is 0.710. The van der Waals surface area contributed by atoms with Crippen LogP contribution in [0.25, 0.3) is 0 Å². The van der Waals surface area contributed by atoms with Gasteiger partial charge in [0.2, 0.25) is 11.8 Å². The van der Waals surface area contributed by atoms with Gasteiger partial charge in [0.1, 0.15) is 0 Å². The van der Waals surface area contributed by atoms with Crippen LogP contribution in [0.2, 0.25) is 0 Å². The Hall–Kier alpha value is -1.36. The topological polar surface area (TPSA) is 58.2 Å². The van der Waals surface area contributed by atoms with E-state index in [1.54, 1.807) is 12.1 Å². The number of carbonyl (C=O) groups excluding carboxylic acids is 2. The standard InChI is InChI=1S/C13H17BrN2O2/c1-9(2)7-12(17)15-8-13(18)16-11-5-3-10(14)4-6-11/h3-6,9H,7-8H2,1-2H3,(H,15,17)(H,16,18). The second kappa shape index (κ2) is 7.16. The van der Waals surface area contributed by atoms with Crippen LogP contribution in [0, 0.1) is 5.92 Å². The van der Waals surface area contributed by atoms with E-state index in [0.29, 0.717) is 18.0 Å². The molecule has 5 heteroatoms. The summed E-state index contributed by atoms with van der Waals surface area (Å²) < 4.78 is 0.950. The molecule has 0 bridgehead atoms. The molecule has 4 nitrogen and oxygen atoms in total. The zero-order chi connectivity index (χ0) is 13.5. The largest absolute Gasteiger partial charge is 0.347 e. The van der Waals surface area contributed by atoms with E-state index >= 15 is 0 Å². The molecule has 1 aromatic carbocycles. The van der Waals surface area contributed by atoms with Gasteiger partial charge in [-0.25, -0.2) is 0 Å². The molecule has 2 amide bonds. The minimum Gasteiger partial charge on any atom is -0.347 e. The van der Waals surface area contributed by atoms with Crippen molar-refractivity contribution >= 4 is 33.4 Å². The van der Waals surface area contributed by atoms with Gasteiger partial charge in [0.05, 0.1) is 6.54 Å². The van der Waals surface area contributed by atoms with Gasteiger partial charge in [-0.15, -0.1) is 0 Å². The number of anilines is 1. The van der Waals surface area contributed by atoms with Gasteiger partial charge in [0, 0.05) is 16.6 Å². The normalized spacial score (nSPS) is 10.2. The van der Waals surface area contributed by atoms with Gasteiger partial charge < -0.3 is 10.6 Å². The Labute approximate surface area is 115 Å². The van der Waals surface area contributed by atoms with Crippen LogP contribution in [0.15, 0.2) is 28.7 Å². The maximum Gasteiger partial charge on any atom is 0.243 e. The fourth-order valence-electron chi connectivity index (χ4n) is 1.36. The molecule has 0 aliphatic heterocycles. The van der Waals surface area contributed by atoms with E-state index in [0.717, 1.165) is 4.47 Å². The highest BCUT2D eigenvalue weighted by Crippen LogP contribution is 2.13. The maximum absolute atomic E-state index is 11.6. The van der Waals surface area contributed by atoms with Gasteiger partial charge in [-0.1, -0.05) is 29.8 Å². The molecule has 0 saturated carbocycles. The molecule has 0 aliphatic carbocycles. The predicted molar refractivity (Wildman–Crippen MR) is 75.2 cm³/mol. The number of nitrogens with one attached hydrogen (secondary N) is 2. The first-order valence-corrected chi connectivity index (χ1v) is 6.59. The number of rotatable bonds is 5. The molecule has 0 unspecified atom stereocenters. The molecule has 18 heavy (non-hydrogen) atoms. The first kappa shape index (κ1) is 14.7. The molecule has 0 saturated heterocycles. The summed E-state index contributed by atoms with van der Waals surface area (Å²) in [5, 5.41) is 5.29. The monoisotopic (exact) mass is 312 g/mol. The van der Waals surface area contributed by atoms with Crippen LogP contribution in [0.1, 0.15) is 20.3 Å². The molecule has 0 spiro atoms. The molecular formula is C13H17BrN2O2. The zero-order valence-corrected chi connectivity index (χ0v) is 12.1. The van der Waals surface area contributed by atoms with E-state index in [1.165, 1.54) is 0 Å². The molecule has 0 atom stereocenters. The third kappa shape index (κ3) is 5.82. The number of amides is 2. The van der Waals surface area contributed by atoms with Gasteiger partial charge in [-0.05, 0) is 30.2 Å². The number of benzene rings is 1. The molecule has 0 heterocycles. The Morgan fingerprint density at radius 2 is 1.78 bits per heavy atom. The van der Waals surface area contributed by atoms with Crippen LogP contribution in [-0.4, -0.2) is 18.4 Å². The Bertz CT molecular complexity index is 416. The third-order valence-corrected chi connectivity index (χ3v) is 2.70. The van der Waals surface area contributed by atoms with Gasteiger partial charge in [-0.2, -0.15) is 0 Å². The second-order valence-corrected chi connectivity index (χ2v) is 5.35. The number of carbonyl (C=O) groups is 2. The molecule has 1 aromatic rings. The average Bonchev–Trinajstić information content (AvgIpc) is 2.29. The van der Waals surface area contributed by atoms with Crippen LogP contribution < -0.4 is 10.6 Å². The Kier molecular flexibility index (Phi) is 5.85. The molecular weight excluding hydrogens is 296 g/mol. The van der Waals surface area contributed by atoms with E-state index in [2.05, 4.69) is 26.6 Å². The highest BCUT2D eigenvalue weighted by atomic mass is 79.9. The summed E-state index contributed by atoms with van der Waals surface area (Å²) in [6.45, 7) is 3.92. The Balaban J connectivity index is 2.34. The van der Waals surface area contributed by atoms with E-state index in [-0.39, 0.29) is 18.4 Å². The first-order chi connectivity index (χ1) is 8.47. The van der Waals surface area contributed by atoms with Crippen molar-refractivity contribution in [2.24, 2.45) is 5.92 Å². The highest BCUT2D eigenvalue weighted by molar-refractivity contribution is 9.10. The summed E-state index contributed by atoms with van der Waals surface area (Å²) in [4.78, 5) is 22.9. The van der Waals surface area contributed by atoms with Crippen LogP contribution in [0.5, 0.6) is 0 Å². The van der Waals surface area contributed by atoms with E-state index in [9.17, 15) is 9.59 Å². The van der Waals surface area contributed by atoms with Crippen molar-refractivity contribution < 1.29 is 9.59 Å². The minimum absolute atomic E-state index is 0.00160. The highest BCUT2D eigenvalue weighted by Gasteiger charge is 2.07. The SMILES string of the molecule is CC(C)CC(=O)NCC(=O)Nc1ccc(Br)cc1. The van der Waals surface area contributed by atoms with Crippen molar-refractivity contribution in [2.45, 2.75) is 20.3 Å². The molecule has 0 aliphatic rings. The summed E-state index contributed by atoms with van der Waals surface area (Å²) in [7, 11) is 0. The number of hydrogen-bond donors (Lipinski definition) is 2. The van der Waals surface area contributed by atoms with Crippen molar-refractivity contribution in [3.8, 4) is 0 Å². The smallest absolute Gasteiger partial charge is 0.243 e. The summed E-state index contributed by atoms with van der Waals surface area (Å²) in [6.07, 6.45) is 0.436. The fourth-order valence-corrected chi connectivity index (χ4v) is 1.62. The first-order valence-electron chi connectivity index (χ1n) is 5.79. The Morgan fingerprint density at radius 3 is 2.33 bits per heavy atom. The maximum atomic E-state index is 11.6. The molecule has 0 aromatic heterocycles. The van der Waals surface area contributed by atoms with Gasteiger partial charge in [0.25, 0.3) is 0 Å². The van der Waals surface area contributed by atoms with Gasteiger partial charge >= 0.3 is 0 Å². The number of halogens is 1. The van der Waals surface area contributed by atoms with Crippen molar-refractivity contribution in [1.82, 2.24) is 5.32 Å².